The minimum absolute atomic E-state index is 0.0418. The molecule has 1 N–H and O–H groups in total. The highest BCUT2D eigenvalue weighted by Gasteiger charge is 2.47. The van der Waals surface area contributed by atoms with Crippen molar-refractivity contribution in [3.05, 3.63) is 0 Å². The summed E-state index contributed by atoms with van der Waals surface area (Å²) in [6.45, 7) is 4.26. The lowest BCUT2D eigenvalue weighted by molar-refractivity contribution is -0.160. The van der Waals surface area contributed by atoms with Crippen molar-refractivity contribution >= 4 is 22.7 Å². The van der Waals surface area contributed by atoms with Gasteiger partial charge in [0.15, 0.2) is 0 Å². The van der Waals surface area contributed by atoms with Crippen LogP contribution in [0.1, 0.15) is 39.5 Å². The largest absolute Gasteiger partial charge is 0.481 e. The third kappa shape index (κ3) is 2.55. The average Bonchev–Trinajstić information content (AvgIpc) is 2.30. The number of hydrogen-bond donors (Lipinski definition) is 1. The summed E-state index contributed by atoms with van der Waals surface area (Å²) in [5.41, 5.74) is -0.837. The summed E-state index contributed by atoms with van der Waals surface area (Å²) < 4.78 is 11.7. The van der Waals surface area contributed by atoms with Crippen molar-refractivity contribution in [1.29, 1.82) is 0 Å². The van der Waals surface area contributed by atoms with Gasteiger partial charge in [-0.25, -0.2) is 0 Å². The molecule has 2 aliphatic rings. The van der Waals surface area contributed by atoms with E-state index in [4.69, 9.17) is 0 Å². The number of carboxylic acid groups (broad SMARTS) is 1. The summed E-state index contributed by atoms with van der Waals surface area (Å²) in [6, 6.07) is -0.0759. The van der Waals surface area contributed by atoms with Gasteiger partial charge in [-0.2, -0.15) is 0 Å². The SMILES string of the molecule is CC1C(C)S(=O)CCN1C(=O)CC1(C(=O)O)CCC1. The molecule has 3 atom stereocenters. The first-order chi connectivity index (χ1) is 8.87. The number of rotatable bonds is 3. The Kier molecular flexibility index (Phi) is 3.99. The Morgan fingerprint density at radius 3 is 2.47 bits per heavy atom. The van der Waals surface area contributed by atoms with Crippen LogP contribution in [0.2, 0.25) is 0 Å². The van der Waals surface area contributed by atoms with E-state index >= 15 is 0 Å². The highest BCUT2D eigenvalue weighted by molar-refractivity contribution is 7.85. The quantitative estimate of drug-likeness (QED) is 0.840. The van der Waals surface area contributed by atoms with Gasteiger partial charge in [-0.3, -0.25) is 13.8 Å². The lowest BCUT2D eigenvalue weighted by Gasteiger charge is -2.42. The molecule has 0 radical (unpaired) electrons. The fraction of sp³-hybridized carbons (Fsp3) is 0.846. The van der Waals surface area contributed by atoms with E-state index in [0.29, 0.717) is 25.1 Å². The van der Waals surface area contributed by atoms with E-state index in [-0.39, 0.29) is 23.6 Å². The predicted molar refractivity (Wildman–Crippen MR) is 72.2 cm³/mol. The van der Waals surface area contributed by atoms with Gasteiger partial charge in [-0.1, -0.05) is 6.42 Å². The van der Waals surface area contributed by atoms with Crippen molar-refractivity contribution in [1.82, 2.24) is 4.90 Å². The van der Waals surface area contributed by atoms with Crippen molar-refractivity contribution in [3.63, 3.8) is 0 Å². The third-order valence-corrected chi connectivity index (χ3v) is 6.50. The van der Waals surface area contributed by atoms with Crippen LogP contribution in [0.25, 0.3) is 0 Å². The molecule has 0 spiro atoms. The molecule has 1 aliphatic carbocycles. The number of amides is 1. The number of carboxylic acids is 1. The molecule has 108 valence electrons. The first-order valence-corrected chi connectivity index (χ1v) is 8.16. The average molecular weight is 287 g/mol. The molecule has 2 fully saturated rings. The predicted octanol–water partition coefficient (Wildman–Crippen LogP) is 0.999. The van der Waals surface area contributed by atoms with E-state index < -0.39 is 22.2 Å². The molecule has 1 saturated heterocycles. The highest BCUT2D eigenvalue weighted by Crippen LogP contribution is 2.44. The Morgan fingerprint density at radius 2 is 2.00 bits per heavy atom. The van der Waals surface area contributed by atoms with Gasteiger partial charge >= 0.3 is 5.97 Å². The van der Waals surface area contributed by atoms with Crippen LogP contribution in [0, 0.1) is 5.41 Å². The van der Waals surface area contributed by atoms with Gasteiger partial charge in [0.1, 0.15) is 0 Å². The van der Waals surface area contributed by atoms with Gasteiger partial charge in [-0.15, -0.1) is 0 Å². The number of carbonyl (C=O) groups is 2. The molecule has 5 nitrogen and oxygen atoms in total. The fourth-order valence-electron chi connectivity index (χ4n) is 2.86. The van der Waals surface area contributed by atoms with Crippen molar-refractivity contribution < 1.29 is 18.9 Å². The molecule has 1 saturated carbocycles. The lowest BCUT2D eigenvalue weighted by Crippen LogP contribution is -2.54. The van der Waals surface area contributed by atoms with Crippen molar-refractivity contribution in [3.8, 4) is 0 Å². The van der Waals surface area contributed by atoms with Crippen LogP contribution < -0.4 is 0 Å². The Hall–Kier alpha value is -0.910. The van der Waals surface area contributed by atoms with Crippen LogP contribution in [0.3, 0.4) is 0 Å². The van der Waals surface area contributed by atoms with E-state index in [1.807, 2.05) is 13.8 Å². The number of nitrogens with zero attached hydrogens (tertiary/aromatic N) is 1. The Labute approximate surface area is 115 Å². The maximum absolute atomic E-state index is 12.3. The zero-order valence-corrected chi connectivity index (χ0v) is 12.2. The van der Waals surface area contributed by atoms with Crippen molar-refractivity contribution in [2.24, 2.45) is 5.41 Å². The van der Waals surface area contributed by atoms with Crippen LogP contribution >= 0.6 is 0 Å². The van der Waals surface area contributed by atoms with Gasteiger partial charge in [0.05, 0.1) is 10.7 Å². The van der Waals surface area contributed by atoms with Gasteiger partial charge in [0.2, 0.25) is 5.91 Å². The Morgan fingerprint density at radius 1 is 1.37 bits per heavy atom. The first-order valence-electron chi connectivity index (χ1n) is 6.77. The summed E-state index contributed by atoms with van der Waals surface area (Å²) in [7, 11) is -0.882. The standard InChI is InChI=1S/C13H21NO4S/c1-9-10(2)19(18)7-6-14(9)11(15)8-13(12(16)17)4-3-5-13/h9-10H,3-8H2,1-2H3,(H,16,17). The van der Waals surface area contributed by atoms with Gasteiger partial charge < -0.3 is 10.0 Å². The second-order valence-electron chi connectivity index (χ2n) is 5.73. The van der Waals surface area contributed by atoms with Crippen LogP contribution in [0.4, 0.5) is 0 Å². The molecule has 19 heavy (non-hydrogen) atoms. The minimum atomic E-state index is -0.882. The normalized spacial score (nSPS) is 33.6. The van der Waals surface area contributed by atoms with E-state index in [1.165, 1.54) is 0 Å². The van der Waals surface area contributed by atoms with Crippen LogP contribution in [0.15, 0.2) is 0 Å². The third-order valence-electron chi connectivity index (χ3n) is 4.69. The molecule has 1 heterocycles. The fourth-order valence-corrected chi connectivity index (χ4v) is 4.20. The van der Waals surface area contributed by atoms with E-state index in [2.05, 4.69) is 0 Å². The lowest BCUT2D eigenvalue weighted by atomic mass is 9.66. The van der Waals surface area contributed by atoms with E-state index in [0.717, 1.165) is 6.42 Å². The number of aliphatic carboxylic acids is 1. The summed E-state index contributed by atoms with van der Waals surface area (Å²) in [5, 5.41) is 9.23. The monoisotopic (exact) mass is 287 g/mol. The molecule has 3 unspecified atom stereocenters. The summed E-state index contributed by atoms with van der Waals surface area (Å²) in [6.07, 6.45) is 2.16. The molecule has 0 aromatic heterocycles. The van der Waals surface area contributed by atoms with Gasteiger partial charge in [0, 0.05) is 35.6 Å². The van der Waals surface area contributed by atoms with Gasteiger partial charge in [0.25, 0.3) is 0 Å². The second kappa shape index (κ2) is 5.23. The molecule has 6 heteroatoms. The van der Waals surface area contributed by atoms with Gasteiger partial charge in [-0.05, 0) is 26.7 Å². The molecule has 0 aromatic rings. The van der Waals surface area contributed by atoms with E-state index in [9.17, 15) is 18.9 Å². The highest BCUT2D eigenvalue weighted by atomic mass is 32.2. The summed E-state index contributed by atoms with van der Waals surface area (Å²) in [4.78, 5) is 25.4. The molecule has 1 amide bonds. The summed E-state index contributed by atoms with van der Waals surface area (Å²) in [5.74, 6) is -0.455. The molecule has 0 bridgehead atoms. The zero-order valence-electron chi connectivity index (χ0n) is 11.4. The molecule has 1 aliphatic heterocycles. The van der Waals surface area contributed by atoms with Crippen LogP contribution in [0.5, 0.6) is 0 Å². The maximum Gasteiger partial charge on any atom is 0.310 e. The van der Waals surface area contributed by atoms with Crippen LogP contribution in [-0.4, -0.2) is 49.7 Å². The van der Waals surface area contributed by atoms with E-state index in [1.54, 1.807) is 4.90 Å². The molecule has 2 rings (SSSR count). The minimum Gasteiger partial charge on any atom is -0.481 e. The van der Waals surface area contributed by atoms with Crippen LogP contribution in [-0.2, 0) is 20.4 Å². The molecular formula is C13H21NO4S. The maximum atomic E-state index is 12.3. The first kappa shape index (κ1) is 14.5. The smallest absolute Gasteiger partial charge is 0.310 e. The van der Waals surface area contributed by atoms with Crippen molar-refractivity contribution in [2.75, 3.05) is 12.3 Å². The molecule has 0 aromatic carbocycles. The Balaban J connectivity index is 2.04. The zero-order chi connectivity index (χ0) is 14.2. The second-order valence-corrected chi connectivity index (χ2v) is 7.65. The number of carbonyl (C=O) groups excluding carboxylic acids is 1. The summed E-state index contributed by atoms with van der Waals surface area (Å²) >= 11 is 0. The molecular weight excluding hydrogens is 266 g/mol. The Bertz CT molecular complexity index is 419. The van der Waals surface area contributed by atoms with Crippen molar-refractivity contribution in [2.45, 2.75) is 50.8 Å². The number of hydrogen-bond acceptors (Lipinski definition) is 3. The topological polar surface area (TPSA) is 74.7 Å².